The van der Waals surface area contributed by atoms with Crippen molar-refractivity contribution < 1.29 is 14.0 Å². The number of hydrogen-bond donors (Lipinski definition) is 0. The number of benzene rings is 1. The summed E-state index contributed by atoms with van der Waals surface area (Å²) in [5, 5.41) is 4.30. The predicted molar refractivity (Wildman–Crippen MR) is 101 cm³/mol. The van der Waals surface area contributed by atoms with E-state index >= 15 is 0 Å². The van der Waals surface area contributed by atoms with Crippen molar-refractivity contribution in [3.63, 3.8) is 0 Å². The van der Waals surface area contributed by atoms with Crippen molar-refractivity contribution >= 4 is 0 Å². The molecule has 2 fully saturated rings. The third-order valence-corrected chi connectivity index (χ3v) is 5.40. The number of ether oxygens (including phenoxy) is 2. The van der Waals surface area contributed by atoms with E-state index in [4.69, 9.17) is 19.0 Å². The van der Waals surface area contributed by atoms with Gasteiger partial charge in [-0.05, 0) is 43.4 Å². The van der Waals surface area contributed by atoms with E-state index in [0.717, 1.165) is 31.2 Å². The van der Waals surface area contributed by atoms with Crippen molar-refractivity contribution in [3.05, 3.63) is 47.1 Å². The quantitative estimate of drug-likeness (QED) is 0.624. The highest BCUT2D eigenvalue weighted by atomic mass is 16.5. The van der Waals surface area contributed by atoms with Gasteiger partial charge >= 0.3 is 0 Å². The Morgan fingerprint density at radius 2 is 1.89 bits per heavy atom. The molecule has 1 unspecified atom stereocenters. The molecule has 2 heterocycles. The lowest BCUT2D eigenvalue weighted by Crippen LogP contribution is -2.33. The maximum absolute atomic E-state index is 5.59. The lowest BCUT2D eigenvalue weighted by Gasteiger charge is -2.33. The average Bonchev–Trinajstić information content (AvgIpc) is 3.44. The van der Waals surface area contributed by atoms with Gasteiger partial charge in [0.25, 0.3) is 0 Å². The van der Waals surface area contributed by atoms with E-state index in [0.29, 0.717) is 25.7 Å². The van der Waals surface area contributed by atoms with Crippen LogP contribution in [0.15, 0.2) is 28.8 Å². The SMILES string of the molecule is COCCOCc1ccc(CN2CCCCC2c2noc(C3CC3)n2)cc1. The second-order valence-electron chi connectivity index (χ2n) is 7.61. The van der Waals surface area contributed by atoms with Crippen molar-refractivity contribution in [2.24, 2.45) is 0 Å². The summed E-state index contributed by atoms with van der Waals surface area (Å²) >= 11 is 0. The van der Waals surface area contributed by atoms with Gasteiger partial charge in [-0.25, -0.2) is 0 Å². The molecular weight excluding hydrogens is 342 g/mol. The second-order valence-corrected chi connectivity index (χ2v) is 7.61. The molecule has 2 aliphatic rings. The molecule has 2 aromatic rings. The Bertz CT molecular complexity index is 712. The van der Waals surface area contributed by atoms with Gasteiger partial charge in [0.2, 0.25) is 5.89 Å². The normalized spacial score (nSPS) is 20.9. The molecule has 0 bridgehead atoms. The van der Waals surface area contributed by atoms with Crippen molar-refractivity contribution in [3.8, 4) is 0 Å². The zero-order chi connectivity index (χ0) is 18.5. The molecule has 0 radical (unpaired) electrons. The maximum Gasteiger partial charge on any atom is 0.229 e. The zero-order valence-electron chi connectivity index (χ0n) is 16.1. The fourth-order valence-electron chi connectivity index (χ4n) is 3.66. The standard InChI is InChI=1S/C21H29N3O3/c1-25-12-13-26-15-17-7-5-16(6-8-17)14-24-11-3-2-4-19(24)20-22-21(27-23-20)18-9-10-18/h5-8,18-19H,2-4,9-15H2,1H3. The summed E-state index contributed by atoms with van der Waals surface area (Å²) in [6, 6.07) is 8.98. The number of aromatic nitrogens is 2. The molecule has 6 nitrogen and oxygen atoms in total. The third kappa shape index (κ3) is 4.94. The van der Waals surface area contributed by atoms with E-state index in [1.165, 1.54) is 36.8 Å². The van der Waals surface area contributed by atoms with E-state index < -0.39 is 0 Å². The third-order valence-electron chi connectivity index (χ3n) is 5.40. The maximum atomic E-state index is 5.59. The summed E-state index contributed by atoms with van der Waals surface area (Å²) in [7, 11) is 1.69. The second kappa shape index (κ2) is 8.95. The number of methoxy groups -OCH3 is 1. The minimum absolute atomic E-state index is 0.270. The minimum atomic E-state index is 0.270. The van der Waals surface area contributed by atoms with E-state index in [9.17, 15) is 0 Å². The highest BCUT2D eigenvalue weighted by Gasteiger charge is 2.33. The molecule has 146 valence electrons. The van der Waals surface area contributed by atoms with Crippen LogP contribution in [0, 0.1) is 0 Å². The lowest BCUT2D eigenvalue weighted by molar-refractivity contribution is 0.0616. The molecule has 27 heavy (non-hydrogen) atoms. The van der Waals surface area contributed by atoms with Gasteiger partial charge in [0, 0.05) is 19.6 Å². The van der Waals surface area contributed by atoms with Crippen molar-refractivity contribution in [2.75, 3.05) is 26.9 Å². The highest BCUT2D eigenvalue weighted by Crippen LogP contribution is 2.40. The smallest absolute Gasteiger partial charge is 0.229 e. The van der Waals surface area contributed by atoms with Crippen LogP contribution in [0.1, 0.15) is 66.9 Å². The molecule has 1 aliphatic carbocycles. The molecule has 1 aromatic heterocycles. The predicted octanol–water partition coefficient (Wildman–Crippen LogP) is 3.84. The molecular formula is C21H29N3O3. The monoisotopic (exact) mass is 371 g/mol. The summed E-state index contributed by atoms with van der Waals surface area (Å²) < 4.78 is 16.1. The Kier molecular flexibility index (Phi) is 6.17. The van der Waals surface area contributed by atoms with Gasteiger partial charge in [-0.1, -0.05) is 35.8 Å². The molecule has 0 spiro atoms. The first-order chi connectivity index (χ1) is 13.3. The number of hydrogen-bond acceptors (Lipinski definition) is 6. The Morgan fingerprint density at radius 1 is 1.07 bits per heavy atom. The minimum Gasteiger partial charge on any atom is -0.382 e. The van der Waals surface area contributed by atoms with Crippen LogP contribution in [0.25, 0.3) is 0 Å². The number of nitrogens with zero attached hydrogens (tertiary/aromatic N) is 3. The van der Waals surface area contributed by atoms with Gasteiger partial charge in [-0.2, -0.15) is 4.98 Å². The van der Waals surface area contributed by atoms with Gasteiger partial charge in [-0.15, -0.1) is 0 Å². The molecule has 1 saturated heterocycles. The number of rotatable bonds is 9. The first-order valence-electron chi connectivity index (χ1n) is 10.1. The topological polar surface area (TPSA) is 60.6 Å². The first-order valence-corrected chi connectivity index (χ1v) is 10.1. The fraction of sp³-hybridized carbons (Fsp3) is 0.619. The van der Waals surface area contributed by atoms with Gasteiger partial charge in [0.05, 0.1) is 25.9 Å². The van der Waals surface area contributed by atoms with Crippen LogP contribution in [0.5, 0.6) is 0 Å². The summed E-state index contributed by atoms with van der Waals surface area (Å²) in [5.74, 6) is 2.23. The highest BCUT2D eigenvalue weighted by molar-refractivity contribution is 5.22. The molecule has 4 rings (SSSR count). The fourth-order valence-corrected chi connectivity index (χ4v) is 3.66. The van der Waals surface area contributed by atoms with Gasteiger partial charge in [0.1, 0.15) is 0 Å². The Labute approximate surface area is 160 Å². The van der Waals surface area contributed by atoms with Gasteiger partial charge in [0.15, 0.2) is 5.82 Å². The average molecular weight is 371 g/mol. The largest absolute Gasteiger partial charge is 0.382 e. The lowest BCUT2D eigenvalue weighted by atomic mass is 10.0. The number of piperidine rings is 1. The molecule has 1 aromatic carbocycles. The number of likely N-dealkylation sites (tertiary alicyclic amines) is 1. The van der Waals surface area contributed by atoms with Crippen LogP contribution in [0.4, 0.5) is 0 Å². The summed E-state index contributed by atoms with van der Waals surface area (Å²) in [5.41, 5.74) is 2.51. The molecule has 0 N–H and O–H groups in total. The van der Waals surface area contributed by atoms with Crippen LogP contribution in [-0.2, 0) is 22.6 Å². The molecule has 1 atom stereocenters. The summed E-state index contributed by atoms with van der Waals surface area (Å²) in [6.07, 6.45) is 5.95. The molecule has 1 saturated carbocycles. The molecule has 0 amide bonds. The van der Waals surface area contributed by atoms with Crippen LogP contribution < -0.4 is 0 Å². The van der Waals surface area contributed by atoms with Gasteiger partial charge in [-0.3, -0.25) is 4.90 Å². The van der Waals surface area contributed by atoms with Crippen LogP contribution >= 0.6 is 0 Å². The van der Waals surface area contributed by atoms with Crippen molar-refractivity contribution in [1.82, 2.24) is 15.0 Å². The van der Waals surface area contributed by atoms with E-state index in [1.54, 1.807) is 7.11 Å². The Balaban J connectivity index is 1.36. The van der Waals surface area contributed by atoms with E-state index in [2.05, 4.69) is 34.3 Å². The summed E-state index contributed by atoms with van der Waals surface area (Å²) in [6.45, 7) is 3.89. The Hall–Kier alpha value is -1.76. The summed E-state index contributed by atoms with van der Waals surface area (Å²) in [4.78, 5) is 7.20. The van der Waals surface area contributed by atoms with Gasteiger partial charge < -0.3 is 14.0 Å². The van der Waals surface area contributed by atoms with E-state index in [1.807, 2.05) is 0 Å². The first kappa shape index (κ1) is 18.6. The molecule has 1 aliphatic heterocycles. The molecule has 6 heteroatoms. The van der Waals surface area contributed by atoms with Crippen LogP contribution in [0.2, 0.25) is 0 Å². The van der Waals surface area contributed by atoms with E-state index in [-0.39, 0.29) is 6.04 Å². The zero-order valence-corrected chi connectivity index (χ0v) is 16.1. The van der Waals surface area contributed by atoms with Crippen LogP contribution in [0.3, 0.4) is 0 Å². The van der Waals surface area contributed by atoms with Crippen LogP contribution in [-0.4, -0.2) is 41.9 Å². The van der Waals surface area contributed by atoms with Crippen molar-refractivity contribution in [2.45, 2.75) is 57.2 Å². The Morgan fingerprint density at radius 3 is 2.67 bits per heavy atom. The van der Waals surface area contributed by atoms with Crippen molar-refractivity contribution in [1.29, 1.82) is 0 Å².